The second kappa shape index (κ2) is 5.79. The van der Waals surface area contributed by atoms with Gasteiger partial charge in [-0.2, -0.15) is 0 Å². The molecule has 5 nitrogen and oxygen atoms in total. The summed E-state index contributed by atoms with van der Waals surface area (Å²) in [5.41, 5.74) is 1.40. The highest BCUT2D eigenvalue weighted by Gasteiger charge is 2.19. The monoisotopic (exact) mass is 419 g/mol. The van der Waals surface area contributed by atoms with Gasteiger partial charge in [0.1, 0.15) is 4.90 Å². The molecule has 0 aliphatic heterocycles. The molecule has 1 heterocycles. The number of nitrogens with zero attached hydrogens (tertiary/aromatic N) is 2. The lowest BCUT2D eigenvalue weighted by molar-refractivity contribution is 0.600. The van der Waals surface area contributed by atoms with Crippen LogP contribution in [0.2, 0.25) is 0 Å². The minimum Gasteiger partial charge on any atom is -0.247 e. The Morgan fingerprint density at radius 2 is 1.65 bits per heavy atom. The largest absolute Gasteiger partial charge is 0.265 e. The van der Waals surface area contributed by atoms with E-state index in [2.05, 4.69) is 46.5 Å². The van der Waals surface area contributed by atoms with E-state index in [0.717, 1.165) is 0 Å². The number of benzene rings is 1. The maximum atomic E-state index is 12.4. The minimum atomic E-state index is -3.75. The molecule has 0 aliphatic carbocycles. The molecule has 0 fully saturated rings. The van der Waals surface area contributed by atoms with Gasteiger partial charge < -0.3 is 0 Å². The summed E-state index contributed by atoms with van der Waals surface area (Å²) in [6, 6.07) is 6.68. The Morgan fingerprint density at radius 3 is 2.25 bits per heavy atom. The van der Waals surface area contributed by atoms with Crippen LogP contribution in [-0.2, 0) is 10.0 Å². The first-order chi connectivity index (χ1) is 9.28. The van der Waals surface area contributed by atoms with E-state index in [1.54, 1.807) is 32.0 Å². The SMILES string of the molecule is Cc1cc(C)nc(NS(=O)(=O)c2cc(Br)ccc2Br)n1. The molecule has 20 heavy (non-hydrogen) atoms. The number of hydrogen-bond acceptors (Lipinski definition) is 4. The standard InChI is InChI=1S/C12H11Br2N3O2S/c1-7-5-8(2)16-12(15-7)17-20(18,19)11-6-9(13)3-4-10(11)14/h3-6H,1-2H3,(H,15,16,17). The van der Waals surface area contributed by atoms with E-state index in [1.165, 1.54) is 6.07 Å². The molecule has 1 aromatic heterocycles. The van der Waals surface area contributed by atoms with Crippen molar-refractivity contribution < 1.29 is 8.42 Å². The Hall–Kier alpha value is -0.990. The molecule has 0 radical (unpaired) electrons. The number of sulfonamides is 1. The maximum Gasteiger partial charge on any atom is 0.265 e. The molecule has 0 aliphatic rings. The van der Waals surface area contributed by atoms with Crippen molar-refractivity contribution in [1.82, 2.24) is 9.97 Å². The third-order valence-corrected chi connectivity index (χ3v) is 5.21. The summed E-state index contributed by atoms with van der Waals surface area (Å²) in [6.07, 6.45) is 0. The van der Waals surface area contributed by atoms with Crippen LogP contribution in [0.3, 0.4) is 0 Å². The molecule has 0 bridgehead atoms. The normalized spacial score (nSPS) is 11.4. The Kier molecular flexibility index (Phi) is 4.46. The molecular weight excluding hydrogens is 410 g/mol. The summed E-state index contributed by atoms with van der Waals surface area (Å²) in [7, 11) is -3.75. The van der Waals surface area contributed by atoms with Crippen LogP contribution in [0.15, 0.2) is 38.1 Å². The number of aromatic nitrogens is 2. The highest BCUT2D eigenvalue weighted by Crippen LogP contribution is 2.26. The van der Waals surface area contributed by atoms with Crippen molar-refractivity contribution >= 4 is 47.8 Å². The Labute approximate surface area is 134 Å². The van der Waals surface area contributed by atoms with E-state index in [1.807, 2.05) is 0 Å². The smallest absolute Gasteiger partial charge is 0.247 e. The van der Waals surface area contributed by atoms with Crippen molar-refractivity contribution in [2.75, 3.05) is 4.72 Å². The quantitative estimate of drug-likeness (QED) is 0.825. The first-order valence-corrected chi connectivity index (χ1v) is 8.65. The number of hydrogen-bond donors (Lipinski definition) is 1. The molecule has 106 valence electrons. The lowest BCUT2D eigenvalue weighted by Crippen LogP contribution is -2.16. The van der Waals surface area contributed by atoms with Crippen LogP contribution in [0, 0.1) is 13.8 Å². The molecule has 0 spiro atoms. The summed E-state index contributed by atoms with van der Waals surface area (Å²) >= 11 is 6.48. The molecule has 2 aromatic rings. The van der Waals surface area contributed by atoms with Gasteiger partial charge in [0.2, 0.25) is 5.95 Å². The molecule has 1 N–H and O–H groups in total. The molecule has 0 saturated carbocycles. The minimum absolute atomic E-state index is 0.0642. The second-order valence-electron chi connectivity index (χ2n) is 4.15. The van der Waals surface area contributed by atoms with Crippen molar-refractivity contribution in [1.29, 1.82) is 0 Å². The third-order valence-electron chi connectivity index (χ3n) is 2.39. The summed E-state index contributed by atoms with van der Waals surface area (Å²) in [5, 5.41) is 0. The van der Waals surface area contributed by atoms with Gasteiger partial charge >= 0.3 is 0 Å². The third kappa shape index (κ3) is 3.56. The zero-order valence-electron chi connectivity index (χ0n) is 10.7. The van der Waals surface area contributed by atoms with Gasteiger partial charge in [-0.3, -0.25) is 0 Å². The van der Waals surface area contributed by atoms with Gasteiger partial charge in [-0.25, -0.2) is 23.1 Å². The fourth-order valence-corrected chi connectivity index (χ4v) is 4.08. The van der Waals surface area contributed by atoms with Crippen molar-refractivity contribution in [3.05, 3.63) is 44.6 Å². The second-order valence-corrected chi connectivity index (χ2v) is 7.58. The molecule has 0 atom stereocenters. The van der Waals surface area contributed by atoms with E-state index in [4.69, 9.17) is 0 Å². The predicted molar refractivity (Wildman–Crippen MR) is 84.2 cm³/mol. The van der Waals surface area contributed by atoms with Crippen molar-refractivity contribution in [3.63, 3.8) is 0 Å². The van der Waals surface area contributed by atoms with Gasteiger partial charge in [0.25, 0.3) is 10.0 Å². The fourth-order valence-electron chi connectivity index (χ4n) is 1.63. The fraction of sp³-hybridized carbons (Fsp3) is 0.167. The van der Waals surface area contributed by atoms with Gasteiger partial charge in [0, 0.05) is 20.3 Å². The van der Waals surface area contributed by atoms with Crippen LogP contribution in [-0.4, -0.2) is 18.4 Å². The lowest BCUT2D eigenvalue weighted by atomic mass is 10.4. The van der Waals surface area contributed by atoms with Crippen LogP contribution < -0.4 is 4.72 Å². The Balaban J connectivity index is 2.43. The Bertz CT molecular complexity index is 743. The number of rotatable bonds is 3. The summed E-state index contributed by atoms with van der Waals surface area (Å²) in [4.78, 5) is 8.26. The first kappa shape index (κ1) is 15.4. The van der Waals surface area contributed by atoms with E-state index in [0.29, 0.717) is 20.3 Å². The summed E-state index contributed by atoms with van der Waals surface area (Å²) < 4.78 is 28.2. The number of anilines is 1. The predicted octanol–water partition coefficient (Wildman–Crippen LogP) is 3.42. The maximum absolute atomic E-state index is 12.4. The molecule has 1 aromatic carbocycles. The average Bonchev–Trinajstić information content (AvgIpc) is 2.30. The van der Waals surface area contributed by atoms with Crippen LogP contribution >= 0.6 is 31.9 Å². The van der Waals surface area contributed by atoms with Gasteiger partial charge in [-0.05, 0) is 54.0 Å². The van der Waals surface area contributed by atoms with Crippen LogP contribution in [0.1, 0.15) is 11.4 Å². The first-order valence-electron chi connectivity index (χ1n) is 5.58. The molecule has 0 unspecified atom stereocenters. The zero-order chi connectivity index (χ0) is 14.9. The number of halogens is 2. The molecule has 2 rings (SSSR count). The topological polar surface area (TPSA) is 72.0 Å². The van der Waals surface area contributed by atoms with E-state index < -0.39 is 10.0 Å². The van der Waals surface area contributed by atoms with Crippen molar-refractivity contribution in [3.8, 4) is 0 Å². The van der Waals surface area contributed by atoms with Gasteiger partial charge in [-0.15, -0.1) is 0 Å². The van der Waals surface area contributed by atoms with Gasteiger partial charge in [-0.1, -0.05) is 15.9 Å². The molecule has 0 amide bonds. The van der Waals surface area contributed by atoms with Crippen molar-refractivity contribution in [2.45, 2.75) is 18.7 Å². The highest BCUT2D eigenvalue weighted by atomic mass is 79.9. The summed E-state index contributed by atoms with van der Waals surface area (Å²) in [5.74, 6) is 0.0642. The van der Waals surface area contributed by atoms with E-state index in [-0.39, 0.29) is 10.8 Å². The van der Waals surface area contributed by atoms with Crippen LogP contribution in [0.25, 0.3) is 0 Å². The number of aryl methyl sites for hydroxylation is 2. The lowest BCUT2D eigenvalue weighted by Gasteiger charge is -2.09. The molecule has 8 heteroatoms. The molecule has 0 saturated heterocycles. The van der Waals surface area contributed by atoms with E-state index >= 15 is 0 Å². The van der Waals surface area contributed by atoms with Crippen molar-refractivity contribution in [2.24, 2.45) is 0 Å². The van der Waals surface area contributed by atoms with Crippen LogP contribution in [0.4, 0.5) is 5.95 Å². The Morgan fingerprint density at radius 1 is 1.05 bits per heavy atom. The zero-order valence-corrected chi connectivity index (χ0v) is 14.7. The average molecular weight is 421 g/mol. The van der Waals surface area contributed by atoms with Crippen LogP contribution in [0.5, 0.6) is 0 Å². The summed E-state index contributed by atoms with van der Waals surface area (Å²) in [6.45, 7) is 3.56. The molecular formula is C12H11Br2N3O2S. The number of nitrogens with one attached hydrogen (secondary N) is 1. The van der Waals surface area contributed by atoms with E-state index in [9.17, 15) is 8.42 Å². The van der Waals surface area contributed by atoms with Gasteiger partial charge in [0.05, 0.1) is 0 Å². The van der Waals surface area contributed by atoms with Gasteiger partial charge in [0.15, 0.2) is 0 Å². The highest BCUT2D eigenvalue weighted by molar-refractivity contribution is 9.11.